The van der Waals surface area contributed by atoms with E-state index >= 15 is 0 Å². The van der Waals surface area contributed by atoms with E-state index in [0.29, 0.717) is 50.8 Å². The lowest BCUT2D eigenvalue weighted by Crippen LogP contribution is -2.37. The van der Waals surface area contributed by atoms with Gasteiger partial charge >= 0.3 is 0 Å². The molecule has 0 N–H and O–H groups in total. The molecule has 0 radical (unpaired) electrons. The number of nitrogens with zero attached hydrogens (tertiary/aromatic N) is 4. The molecule has 210 valence electrons. The summed E-state index contributed by atoms with van der Waals surface area (Å²) in [5, 5.41) is 4.84. The molecule has 0 aliphatic carbocycles. The van der Waals surface area contributed by atoms with Crippen LogP contribution in [-0.4, -0.2) is 50.7 Å². The zero-order valence-corrected chi connectivity index (χ0v) is 24.8. The van der Waals surface area contributed by atoms with E-state index in [1.54, 1.807) is 51.7 Å². The molecular weight excluding hydrogens is 577 g/mol. The minimum atomic E-state index is -3.65. The van der Waals surface area contributed by atoms with E-state index in [4.69, 9.17) is 21.7 Å². The van der Waals surface area contributed by atoms with Crippen LogP contribution in [-0.2, 0) is 21.4 Å². The Morgan fingerprint density at radius 1 is 1.07 bits per heavy atom. The van der Waals surface area contributed by atoms with E-state index in [-0.39, 0.29) is 17.3 Å². The molecule has 2 aliphatic heterocycles. The predicted octanol–water partition coefficient (Wildman–Crippen LogP) is 5.95. The maximum Gasteiger partial charge on any atom is 0.266 e. The number of thiocarbonyl (C=S) groups is 1. The summed E-state index contributed by atoms with van der Waals surface area (Å²) >= 11 is 6.73. The van der Waals surface area contributed by atoms with E-state index in [1.165, 1.54) is 16.7 Å². The highest BCUT2D eigenvalue weighted by molar-refractivity contribution is 8.26. The monoisotopic (exact) mass is 604 g/mol. The summed E-state index contributed by atoms with van der Waals surface area (Å²) < 4.78 is 36.2. The van der Waals surface area contributed by atoms with E-state index in [0.717, 1.165) is 18.5 Å². The van der Waals surface area contributed by atoms with E-state index in [1.807, 2.05) is 42.6 Å². The maximum atomic E-state index is 13.5. The van der Waals surface area contributed by atoms with Crippen LogP contribution in [0.2, 0.25) is 0 Å². The van der Waals surface area contributed by atoms with Crippen molar-refractivity contribution >= 4 is 50.3 Å². The zero-order valence-electron chi connectivity index (χ0n) is 22.3. The minimum absolute atomic E-state index is 0.217. The van der Waals surface area contributed by atoms with Crippen molar-refractivity contribution in [2.45, 2.75) is 31.2 Å². The number of amides is 1. The third kappa shape index (κ3) is 5.67. The quantitative estimate of drug-likeness (QED) is 0.190. The SMILES string of the molecule is CC1CCN(S(=O)(=O)c2cccc(-c3nn(-c4ccccc4)cc3C=C3SC(=S)N(Cc4ccco4)C3=O)c2)CC1. The van der Waals surface area contributed by atoms with Crippen molar-refractivity contribution in [1.82, 2.24) is 19.0 Å². The lowest BCUT2D eigenvalue weighted by molar-refractivity contribution is -0.122. The summed E-state index contributed by atoms with van der Waals surface area (Å²) in [7, 11) is -3.65. The molecule has 6 rings (SSSR count). The minimum Gasteiger partial charge on any atom is -0.467 e. The summed E-state index contributed by atoms with van der Waals surface area (Å²) in [6, 6.07) is 20.1. The van der Waals surface area contributed by atoms with E-state index < -0.39 is 10.0 Å². The Kier molecular flexibility index (Phi) is 7.69. The Bertz CT molecular complexity index is 1720. The number of hydrogen-bond acceptors (Lipinski definition) is 7. The predicted molar refractivity (Wildman–Crippen MR) is 164 cm³/mol. The molecule has 2 fully saturated rings. The van der Waals surface area contributed by atoms with Crippen molar-refractivity contribution in [3.05, 3.63) is 95.4 Å². The van der Waals surface area contributed by atoms with Gasteiger partial charge in [0.25, 0.3) is 5.91 Å². The second-order valence-corrected chi connectivity index (χ2v) is 13.8. The maximum absolute atomic E-state index is 13.5. The summed E-state index contributed by atoms with van der Waals surface area (Å²) in [4.78, 5) is 15.6. The van der Waals surface area contributed by atoms with Gasteiger partial charge in [0.15, 0.2) is 0 Å². The van der Waals surface area contributed by atoms with Gasteiger partial charge in [-0.25, -0.2) is 13.1 Å². The third-order valence-electron chi connectivity index (χ3n) is 7.31. The van der Waals surface area contributed by atoms with Crippen molar-refractivity contribution in [2.75, 3.05) is 13.1 Å². The number of sulfonamides is 1. The molecule has 2 aromatic carbocycles. The van der Waals surface area contributed by atoms with Crippen LogP contribution in [0.3, 0.4) is 0 Å². The summed E-state index contributed by atoms with van der Waals surface area (Å²) in [6.07, 6.45) is 6.88. The molecule has 1 amide bonds. The van der Waals surface area contributed by atoms with Crippen molar-refractivity contribution < 1.29 is 17.6 Å². The van der Waals surface area contributed by atoms with Crippen LogP contribution in [0.15, 0.2) is 93.4 Å². The molecular formula is C30H28N4O4S3. The highest BCUT2D eigenvalue weighted by Gasteiger charge is 2.33. The largest absolute Gasteiger partial charge is 0.467 e. The summed E-state index contributed by atoms with van der Waals surface area (Å²) in [5.74, 6) is 0.941. The smallest absolute Gasteiger partial charge is 0.266 e. The summed E-state index contributed by atoms with van der Waals surface area (Å²) in [5.41, 5.74) is 2.72. The first-order valence-electron chi connectivity index (χ1n) is 13.3. The first-order valence-corrected chi connectivity index (χ1v) is 16.0. The van der Waals surface area contributed by atoms with Gasteiger partial charge in [0.05, 0.1) is 28.3 Å². The second-order valence-electron chi connectivity index (χ2n) is 10.2. The fraction of sp³-hybridized carbons (Fsp3) is 0.233. The fourth-order valence-electron chi connectivity index (χ4n) is 4.94. The Morgan fingerprint density at radius 2 is 1.85 bits per heavy atom. The number of furan rings is 1. The highest BCUT2D eigenvalue weighted by atomic mass is 32.2. The molecule has 0 saturated carbocycles. The molecule has 0 spiro atoms. The van der Waals surface area contributed by atoms with Crippen LogP contribution >= 0.6 is 24.0 Å². The van der Waals surface area contributed by atoms with Gasteiger partial charge in [-0.3, -0.25) is 9.69 Å². The highest BCUT2D eigenvalue weighted by Crippen LogP contribution is 2.36. The van der Waals surface area contributed by atoms with Gasteiger partial charge in [-0.1, -0.05) is 61.2 Å². The molecule has 4 heterocycles. The normalized spacial score (nSPS) is 18.1. The Morgan fingerprint density at radius 3 is 2.59 bits per heavy atom. The second kappa shape index (κ2) is 11.4. The van der Waals surface area contributed by atoms with Gasteiger partial charge in [-0.2, -0.15) is 9.40 Å². The fourth-order valence-corrected chi connectivity index (χ4v) is 7.71. The zero-order chi connectivity index (χ0) is 28.6. The molecule has 2 aliphatic rings. The number of carbonyl (C=O) groups excluding carboxylic acids is 1. The first-order chi connectivity index (χ1) is 19.8. The molecule has 41 heavy (non-hydrogen) atoms. The number of carbonyl (C=O) groups is 1. The van der Waals surface area contributed by atoms with Crippen LogP contribution < -0.4 is 0 Å². The number of aromatic nitrogens is 2. The van der Waals surface area contributed by atoms with Crippen LogP contribution in [0.4, 0.5) is 0 Å². The van der Waals surface area contributed by atoms with Crippen molar-refractivity contribution in [1.29, 1.82) is 0 Å². The number of piperidine rings is 1. The molecule has 2 aromatic heterocycles. The van der Waals surface area contributed by atoms with E-state index in [9.17, 15) is 13.2 Å². The molecule has 0 unspecified atom stereocenters. The Hall–Kier alpha value is -3.51. The third-order valence-corrected chi connectivity index (χ3v) is 10.6. The first kappa shape index (κ1) is 27.6. The van der Waals surface area contributed by atoms with E-state index in [2.05, 4.69) is 6.92 Å². The number of hydrogen-bond donors (Lipinski definition) is 0. The average molecular weight is 605 g/mol. The van der Waals surface area contributed by atoms with Crippen LogP contribution in [0.25, 0.3) is 23.0 Å². The van der Waals surface area contributed by atoms with Gasteiger partial charge in [-0.15, -0.1) is 0 Å². The molecule has 8 nitrogen and oxygen atoms in total. The van der Waals surface area contributed by atoms with Crippen LogP contribution in [0.1, 0.15) is 31.1 Å². The van der Waals surface area contributed by atoms with Crippen LogP contribution in [0.5, 0.6) is 0 Å². The van der Waals surface area contributed by atoms with Gasteiger partial charge in [0.2, 0.25) is 10.0 Å². The number of benzene rings is 2. The van der Waals surface area contributed by atoms with Crippen molar-refractivity contribution in [3.8, 4) is 16.9 Å². The lowest BCUT2D eigenvalue weighted by Gasteiger charge is -2.29. The molecule has 0 bridgehead atoms. The Balaban J connectivity index is 1.38. The molecule has 2 saturated heterocycles. The lowest BCUT2D eigenvalue weighted by atomic mass is 10.0. The van der Waals surface area contributed by atoms with Gasteiger partial charge in [0, 0.05) is 30.4 Å². The Labute approximate surface area is 248 Å². The molecule has 4 aromatic rings. The van der Waals surface area contributed by atoms with Crippen LogP contribution in [0, 0.1) is 5.92 Å². The van der Waals surface area contributed by atoms with Gasteiger partial charge < -0.3 is 4.42 Å². The molecule has 0 atom stereocenters. The van der Waals surface area contributed by atoms with Crippen molar-refractivity contribution in [3.63, 3.8) is 0 Å². The standard InChI is InChI=1S/C30H28N4O4S3/c1-21-12-14-32(15-13-21)41(36,37)26-11-5-7-22(17-26)28-23(19-34(31-28)24-8-3-2-4-9-24)18-27-29(35)33(30(39)40-27)20-25-10-6-16-38-25/h2-11,16-19,21H,12-15,20H2,1H3. The topological polar surface area (TPSA) is 88.7 Å². The number of thioether (sulfide) groups is 1. The number of rotatable bonds is 7. The average Bonchev–Trinajstić information content (AvgIpc) is 3.71. The number of para-hydroxylation sites is 1. The summed E-state index contributed by atoms with van der Waals surface area (Å²) in [6.45, 7) is 3.43. The van der Waals surface area contributed by atoms with Crippen molar-refractivity contribution in [2.24, 2.45) is 5.92 Å². The van der Waals surface area contributed by atoms with Gasteiger partial charge in [0.1, 0.15) is 15.8 Å². The van der Waals surface area contributed by atoms with Gasteiger partial charge in [-0.05, 0) is 61.2 Å². The molecule has 11 heteroatoms.